The van der Waals surface area contributed by atoms with Gasteiger partial charge in [0.15, 0.2) is 5.82 Å². The van der Waals surface area contributed by atoms with Crippen molar-refractivity contribution in [1.82, 2.24) is 15.0 Å². The molecule has 0 bridgehead atoms. The van der Waals surface area contributed by atoms with Crippen LogP contribution in [0.2, 0.25) is 0 Å². The van der Waals surface area contributed by atoms with Crippen LogP contribution in [0.25, 0.3) is 11.5 Å². The molecular formula is C18H21FN4O2. The molecule has 1 aliphatic rings. The Morgan fingerprint density at radius 2 is 2.12 bits per heavy atom. The SMILES string of the molecule is CCOC(=O)CN(C)c1nc(-c2cc(F)ccn2)nc2c1CCCC2. The van der Waals surface area contributed by atoms with Gasteiger partial charge < -0.3 is 9.64 Å². The van der Waals surface area contributed by atoms with Crippen LogP contribution in [0, 0.1) is 5.82 Å². The Morgan fingerprint density at radius 1 is 1.32 bits per heavy atom. The van der Waals surface area contributed by atoms with Crippen molar-refractivity contribution in [2.75, 3.05) is 25.1 Å². The number of ether oxygens (including phenoxy) is 1. The number of aromatic nitrogens is 3. The summed E-state index contributed by atoms with van der Waals surface area (Å²) in [6.45, 7) is 2.22. The normalized spacial score (nSPS) is 13.2. The molecule has 0 saturated heterocycles. The third-order valence-electron chi connectivity index (χ3n) is 4.15. The largest absolute Gasteiger partial charge is 0.465 e. The standard InChI is InChI=1S/C18H21FN4O2/c1-3-25-16(24)11-23(2)18-13-6-4-5-7-14(13)21-17(22-18)15-10-12(19)8-9-20-15/h8-10H,3-7,11H2,1-2H3. The molecule has 0 N–H and O–H groups in total. The molecule has 0 atom stereocenters. The Bertz CT molecular complexity index is 782. The van der Waals surface area contributed by atoms with Gasteiger partial charge in [0.2, 0.25) is 0 Å². The molecule has 25 heavy (non-hydrogen) atoms. The van der Waals surface area contributed by atoms with Crippen molar-refractivity contribution >= 4 is 11.8 Å². The third kappa shape index (κ3) is 3.92. The maximum Gasteiger partial charge on any atom is 0.325 e. The van der Waals surface area contributed by atoms with E-state index in [2.05, 4.69) is 15.0 Å². The number of carbonyl (C=O) groups is 1. The number of hydrogen-bond acceptors (Lipinski definition) is 6. The van der Waals surface area contributed by atoms with E-state index in [0.29, 0.717) is 23.9 Å². The van der Waals surface area contributed by atoms with E-state index in [1.807, 2.05) is 0 Å². The van der Waals surface area contributed by atoms with Gasteiger partial charge in [-0.1, -0.05) is 0 Å². The maximum atomic E-state index is 13.5. The number of fused-ring (bicyclic) bond motifs is 1. The summed E-state index contributed by atoms with van der Waals surface area (Å²) in [6, 6.07) is 2.61. The first-order chi connectivity index (χ1) is 12.1. The van der Waals surface area contributed by atoms with E-state index in [-0.39, 0.29) is 18.3 Å². The van der Waals surface area contributed by atoms with Crippen molar-refractivity contribution < 1.29 is 13.9 Å². The van der Waals surface area contributed by atoms with Crippen LogP contribution in [0.5, 0.6) is 0 Å². The van der Waals surface area contributed by atoms with E-state index >= 15 is 0 Å². The number of anilines is 1. The highest BCUT2D eigenvalue weighted by Crippen LogP contribution is 2.29. The number of carbonyl (C=O) groups excluding carboxylic acids is 1. The Labute approximate surface area is 146 Å². The lowest BCUT2D eigenvalue weighted by atomic mass is 9.96. The second kappa shape index (κ2) is 7.55. The molecule has 3 rings (SSSR count). The van der Waals surface area contributed by atoms with Gasteiger partial charge in [0.05, 0.1) is 6.61 Å². The molecule has 0 spiro atoms. The Balaban J connectivity index is 2.00. The van der Waals surface area contributed by atoms with E-state index in [9.17, 15) is 9.18 Å². The molecule has 2 aromatic heterocycles. The van der Waals surface area contributed by atoms with Crippen LogP contribution in [-0.2, 0) is 22.4 Å². The van der Waals surface area contributed by atoms with E-state index in [4.69, 9.17) is 4.74 Å². The number of halogens is 1. The van der Waals surface area contributed by atoms with Crippen molar-refractivity contribution in [3.8, 4) is 11.5 Å². The van der Waals surface area contributed by atoms with Gasteiger partial charge in [-0.05, 0) is 38.7 Å². The highest BCUT2D eigenvalue weighted by Gasteiger charge is 2.22. The zero-order valence-corrected chi connectivity index (χ0v) is 14.5. The Hall–Kier alpha value is -2.57. The number of rotatable bonds is 5. The summed E-state index contributed by atoms with van der Waals surface area (Å²) < 4.78 is 18.6. The van der Waals surface area contributed by atoms with Gasteiger partial charge in [-0.2, -0.15) is 0 Å². The van der Waals surface area contributed by atoms with Crippen LogP contribution in [0.1, 0.15) is 31.0 Å². The molecule has 2 aromatic rings. The number of likely N-dealkylation sites (N-methyl/N-ethyl adjacent to an activating group) is 1. The average molecular weight is 344 g/mol. The van der Waals surface area contributed by atoms with Gasteiger partial charge in [0.25, 0.3) is 0 Å². The van der Waals surface area contributed by atoms with Crippen molar-refractivity contribution in [2.24, 2.45) is 0 Å². The second-order valence-electron chi connectivity index (χ2n) is 6.02. The molecule has 0 unspecified atom stereocenters. The summed E-state index contributed by atoms with van der Waals surface area (Å²) >= 11 is 0. The van der Waals surface area contributed by atoms with Gasteiger partial charge in [-0.25, -0.2) is 14.4 Å². The number of hydrogen-bond donors (Lipinski definition) is 0. The summed E-state index contributed by atoms with van der Waals surface area (Å²) in [7, 11) is 1.80. The Kier molecular flexibility index (Phi) is 5.21. The lowest BCUT2D eigenvalue weighted by Crippen LogP contribution is -2.30. The molecular weight excluding hydrogens is 323 g/mol. The van der Waals surface area contributed by atoms with Crippen LogP contribution < -0.4 is 4.90 Å². The topological polar surface area (TPSA) is 68.2 Å². The minimum absolute atomic E-state index is 0.104. The summed E-state index contributed by atoms with van der Waals surface area (Å²) in [5.74, 6) is 0.385. The zero-order chi connectivity index (χ0) is 17.8. The molecule has 0 aromatic carbocycles. The van der Waals surface area contributed by atoms with Gasteiger partial charge >= 0.3 is 5.97 Å². The zero-order valence-electron chi connectivity index (χ0n) is 14.5. The molecule has 0 aliphatic heterocycles. The minimum atomic E-state index is -0.382. The number of pyridine rings is 1. The van der Waals surface area contributed by atoms with Crippen molar-refractivity contribution in [3.63, 3.8) is 0 Å². The van der Waals surface area contributed by atoms with Gasteiger partial charge in [-0.15, -0.1) is 0 Å². The van der Waals surface area contributed by atoms with E-state index in [1.165, 1.54) is 18.3 Å². The van der Waals surface area contributed by atoms with Gasteiger partial charge in [0, 0.05) is 30.6 Å². The van der Waals surface area contributed by atoms with Crippen LogP contribution in [-0.4, -0.2) is 41.1 Å². The predicted octanol–water partition coefficient (Wildman–Crippen LogP) is 2.56. The first kappa shape index (κ1) is 17.3. The quantitative estimate of drug-likeness (QED) is 0.777. The van der Waals surface area contributed by atoms with Crippen molar-refractivity contribution in [2.45, 2.75) is 32.6 Å². The molecule has 2 heterocycles. The summed E-state index contributed by atoms with van der Waals surface area (Å²) in [4.78, 5) is 27.0. The predicted molar refractivity (Wildman–Crippen MR) is 91.8 cm³/mol. The monoisotopic (exact) mass is 344 g/mol. The minimum Gasteiger partial charge on any atom is -0.465 e. The fourth-order valence-corrected chi connectivity index (χ4v) is 3.01. The second-order valence-corrected chi connectivity index (χ2v) is 6.02. The fraction of sp³-hybridized carbons (Fsp3) is 0.444. The number of nitrogens with zero attached hydrogens (tertiary/aromatic N) is 4. The maximum absolute atomic E-state index is 13.5. The van der Waals surface area contributed by atoms with E-state index in [0.717, 1.165) is 36.9 Å². The Morgan fingerprint density at radius 3 is 2.88 bits per heavy atom. The molecule has 0 fully saturated rings. The van der Waals surface area contributed by atoms with Crippen LogP contribution >= 0.6 is 0 Å². The summed E-state index contributed by atoms with van der Waals surface area (Å²) in [6.07, 6.45) is 5.24. The van der Waals surface area contributed by atoms with Crippen LogP contribution in [0.3, 0.4) is 0 Å². The molecule has 7 heteroatoms. The third-order valence-corrected chi connectivity index (χ3v) is 4.15. The lowest BCUT2D eigenvalue weighted by Gasteiger charge is -2.25. The molecule has 0 radical (unpaired) electrons. The number of aryl methyl sites for hydroxylation is 1. The van der Waals surface area contributed by atoms with Crippen molar-refractivity contribution in [3.05, 3.63) is 35.4 Å². The van der Waals surface area contributed by atoms with Crippen LogP contribution in [0.15, 0.2) is 18.3 Å². The van der Waals surface area contributed by atoms with Gasteiger partial charge in [-0.3, -0.25) is 9.78 Å². The van der Waals surface area contributed by atoms with E-state index in [1.54, 1.807) is 18.9 Å². The van der Waals surface area contributed by atoms with E-state index < -0.39 is 0 Å². The first-order valence-electron chi connectivity index (χ1n) is 8.47. The highest BCUT2D eigenvalue weighted by molar-refractivity contribution is 5.76. The fourth-order valence-electron chi connectivity index (χ4n) is 3.01. The molecule has 0 saturated carbocycles. The molecule has 1 aliphatic carbocycles. The highest BCUT2D eigenvalue weighted by atomic mass is 19.1. The summed E-state index contributed by atoms with van der Waals surface area (Å²) in [5, 5.41) is 0. The lowest BCUT2D eigenvalue weighted by molar-refractivity contribution is -0.141. The average Bonchev–Trinajstić information content (AvgIpc) is 2.61. The molecule has 0 amide bonds. The molecule has 132 valence electrons. The summed E-state index contributed by atoms with van der Waals surface area (Å²) in [5.41, 5.74) is 2.39. The van der Waals surface area contributed by atoms with Gasteiger partial charge in [0.1, 0.15) is 23.9 Å². The number of esters is 1. The van der Waals surface area contributed by atoms with Crippen LogP contribution in [0.4, 0.5) is 10.2 Å². The smallest absolute Gasteiger partial charge is 0.325 e. The van der Waals surface area contributed by atoms with Crippen molar-refractivity contribution in [1.29, 1.82) is 0 Å². The molecule has 6 nitrogen and oxygen atoms in total. The first-order valence-corrected chi connectivity index (χ1v) is 8.47.